The summed E-state index contributed by atoms with van der Waals surface area (Å²) in [7, 11) is 0. The fourth-order valence-corrected chi connectivity index (χ4v) is 8.13. The number of allylic oxidation sites excluding steroid dienone is 3. The second-order valence-corrected chi connectivity index (χ2v) is 16.7. The van der Waals surface area contributed by atoms with Crippen molar-refractivity contribution in [3.63, 3.8) is 0 Å². The van der Waals surface area contributed by atoms with Crippen molar-refractivity contribution in [2.75, 3.05) is 22.9 Å². The lowest BCUT2D eigenvalue weighted by Gasteiger charge is -2.32. The van der Waals surface area contributed by atoms with Crippen molar-refractivity contribution < 1.29 is 35.8 Å². The zero-order chi connectivity index (χ0) is 41.5. The predicted molar refractivity (Wildman–Crippen MR) is 216 cm³/mol. The molecule has 0 saturated carbocycles. The Morgan fingerprint density at radius 2 is 1.11 bits per heavy atom. The lowest BCUT2D eigenvalue weighted by atomic mass is 9.79. The minimum atomic E-state index is -4.50. The molecule has 0 bridgehead atoms. The molecular formula is C47H52F6N2O2. The Labute approximate surface area is 332 Å². The van der Waals surface area contributed by atoms with Crippen LogP contribution in [0.1, 0.15) is 88.8 Å². The monoisotopic (exact) mass is 790 g/mol. The summed E-state index contributed by atoms with van der Waals surface area (Å²) in [6, 6.07) is 23.3. The normalized spacial score (nSPS) is 18.2. The predicted octanol–water partition coefficient (Wildman–Crippen LogP) is 12.5. The Balaban J connectivity index is 1.34. The molecule has 0 amide bonds. The Kier molecular flexibility index (Phi) is 11.6. The van der Waals surface area contributed by atoms with E-state index in [0.717, 1.165) is 46.1 Å². The van der Waals surface area contributed by atoms with E-state index in [-0.39, 0.29) is 18.2 Å². The molecule has 4 aromatic rings. The minimum absolute atomic E-state index is 0.0391. The first kappa shape index (κ1) is 41.8. The van der Waals surface area contributed by atoms with E-state index in [1.54, 1.807) is 12.1 Å². The van der Waals surface area contributed by atoms with Crippen molar-refractivity contribution in [1.82, 2.24) is 0 Å². The van der Waals surface area contributed by atoms with Gasteiger partial charge in [0.05, 0.1) is 29.4 Å². The molecule has 4 aromatic carbocycles. The van der Waals surface area contributed by atoms with Gasteiger partial charge in [-0.05, 0) is 130 Å². The molecule has 6 rings (SSSR count). The van der Waals surface area contributed by atoms with Crippen molar-refractivity contribution in [2.24, 2.45) is 0 Å². The summed E-state index contributed by atoms with van der Waals surface area (Å²) in [5, 5.41) is 0. The molecule has 0 saturated heterocycles. The summed E-state index contributed by atoms with van der Waals surface area (Å²) in [6.45, 7) is 16.7. The van der Waals surface area contributed by atoms with Gasteiger partial charge in [0.2, 0.25) is 0 Å². The first-order valence-electron chi connectivity index (χ1n) is 19.5. The third kappa shape index (κ3) is 9.00. The highest BCUT2D eigenvalue weighted by Gasteiger charge is 2.45. The Morgan fingerprint density at radius 3 is 1.60 bits per heavy atom. The van der Waals surface area contributed by atoms with Gasteiger partial charge in [-0.25, -0.2) is 0 Å². The second kappa shape index (κ2) is 15.8. The largest absolute Gasteiger partial charge is 0.491 e. The van der Waals surface area contributed by atoms with Crippen LogP contribution < -0.4 is 19.3 Å². The number of rotatable bonds is 12. The highest BCUT2D eigenvalue weighted by molar-refractivity contribution is 5.72. The van der Waals surface area contributed by atoms with Gasteiger partial charge in [0.25, 0.3) is 0 Å². The lowest BCUT2D eigenvalue weighted by Crippen LogP contribution is -2.41. The molecule has 4 nitrogen and oxygen atoms in total. The smallest absolute Gasteiger partial charge is 0.416 e. The molecular weight excluding hydrogens is 739 g/mol. The molecule has 0 spiro atoms. The standard InChI is InChI=1S/C47H52F6N2O2/c1-30(2)56-36-18-12-32(13-19-36)24-26-54-40-22-16-34(46(48,49)50)28-38(40)44(5,6)42(54)10-9-11-43-45(7,8)39-29-35(47(51,52)53)17-23-41(39)55(43)27-25-33-14-20-37(21-15-33)57-31(3)4/h9-23,28-31,42H,24-27H2,1-8H3/b10-9+,43-11+. The number of alkyl halides is 6. The first-order chi connectivity index (χ1) is 26.7. The van der Waals surface area contributed by atoms with E-state index in [4.69, 9.17) is 9.47 Å². The van der Waals surface area contributed by atoms with E-state index in [1.165, 1.54) is 12.1 Å². The van der Waals surface area contributed by atoms with Crippen molar-refractivity contribution in [3.05, 3.63) is 142 Å². The van der Waals surface area contributed by atoms with Crippen molar-refractivity contribution in [2.45, 2.75) is 110 Å². The van der Waals surface area contributed by atoms with Gasteiger partial charge in [-0.1, -0.05) is 64.1 Å². The molecule has 304 valence electrons. The van der Waals surface area contributed by atoms with Crippen LogP contribution in [0.15, 0.2) is 109 Å². The maximum atomic E-state index is 14.0. The molecule has 0 aromatic heterocycles. The van der Waals surface area contributed by atoms with Crippen LogP contribution in [0.25, 0.3) is 0 Å². The molecule has 2 aliphatic heterocycles. The third-order valence-corrected chi connectivity index (χ3v) is 11.0. The molecule has 10 heteroatoms. The number of fused-ring (bicyclic) bond motifs is 2. The molecule has 0 radical (unpaired) electrons. The van der Waals surface area contributed by atoms with Crippen LogP contribution in [-0.4, -0.2) is 31.3 Å². The maximum absolute atomic E-state index is 14.0. The van der Waals surface area contributed by atoms with Crippen molar-refractivity contribution in [1.29, 1.82) is 0 Å². The minimum Gasteiger partial charge on any atom is -0.491 e. The summed E-state index contributed by atoms with van der Waals surface area (Å²) in [4.78, 5) is 4.25. The highest BCUT2D eigenvalue weighted by Crippen LogP contribution is 2.51. The van der Waals surface area contributed by atoms with E-state index in [1.807, 2.05) is 122 Å². The van der Waals surface area contributed by atoms with Gasteiger partial charge in [0.1, 0.15) is 11.5 Å². The molecule has 0 aliphatic carbocycles. The molecule has 57 heavy (non-hydrogen) atoms. The summed E-state index contributed by atoms with van der Waals surface area (Å²) in [5.74, 6) is 1.53. The summed E-state index contributed by atoms with van der Waals surface area (Å²) in [6.07, 6.45) is -1.73. The second-order valence-electron chi connectivity index (χ2n) is 16.7. The summed E-state index contributed by atoms with van der Waals surface area (Å²) < 4.78 is 95.5. The fourth-order valence-electron chi connectivity index (χ4n) is 8.13. The van der Waals surface area contributed by atoms with Crippen LogP contribution in [0.2, 0.25) is 0 Å². The van der Waals surface area contributed by atoms with Gasteiger partial charge < -0.3 is 19.3 Å². The Hall–Kier alpha value is -4.86. The van der Waals surface area contributed by atoms with Crippen LogP contribution in [0.4, 0.5) is 37.7 Å². The molecule has 0 N–H and O–H groups in total. The lowest BCUT2D eigenvalue weighted by molar-refractivity contribution is -0.138. The van der Waals surface area contributed by atoms with Gasteiger partial charge in [0.15, 0.2) is 0 Å². The topological polar surface area (TPSA) is 24.9 Å². The maximum Gasteiger partial charge on any atom is 0.416 e. The highest BCUT2D eigenvalue weighted by atomic mass is 19.4. The average molecular weight is 791 g/mol. The SMILES string of the molecule is CC(C)Oc1ccc(CCN2/C(=C/C=C/C3N(CCc4ccc(OC(C)C)cc4)c4ccc(C(F)(F)F)cc4C3(C)C)C(C)(C)c3cc(C(F)(F)F)ccc32)cc1. The first-order valence-corrected chi connectivity index (χ1v) is 19.5. The van der Waals surface area contributed by atoms with Gasteiger partial charge >= 0.3 is 12.4 Å². The van der Waals surface area contributed by atoms with Gasteiger partial charge in [0, 0.05) is 41.0 Å². The van der Waals surface area contributed by atoms with E-state index in [2.05, 4.69) is 9.80 Å². The zero-order valence-electron chi connectivity index (χ0n) is 33.9. The zero-order valence-corrected chi connectivity index (χ0v) is 33.9. The molecule has 1 atom stereocenters. The Morgan fingerprint density at radius 1 is 0.632 bits per heavy atom. The van der Waals surface area contributed by atoms with E-state index in [9.17, 15) is 26.3 Å². The summed E-state index contributed by atoms with van der Waals surface area (Å²) in [5.41, 5.74) is 2.72. The number of halogens is 6. The van der Waals surface area contributed by atoms with Crippen LogP contribution in [0.5, 0.6) is 11.5 Å². The molecule has 2 aliphatic rings. The van der Waals surface area contributed by atoms with Gasteiger partial charge in [-0.2, -0.15) is 26.3 Å². The number of anilines is 2. The van der Waals surface area contributed by atoms with Gasteiger partial charge in [-0.15, -0.1) is 0 Å². The fraction of sp³-hybridized carbons (Fsp3) is 0.404. The van der Waals surface area contributed by atoms with Crippen LogP contribution in [-0.2, 0) is 36.0 Å². The number of hydrogen-bond donors (Lipinski definition) is 0. The van der Waals surface area contributed by atoms with E-state index >= 15 is 0 Å². The number of hydrogen-bond acceptors (Lipinski definition) is 4. The molecule has 2 heterocycles. The number of benzene rings is 4. The van der Waals surface area contributed by atoms with E-state index in [0.29, 0.717) is 42.7 Å². The van der Waals surface area contributed by atoms with Crippen molar-refractivity contribution in [3.8, 4) is 11.5 Å². The average Bonchev–Trinajstić information content (AvgIpc) is 3.47. The number of nitrogens with zero attached hydrogens (tertiary/aromatic N) is 2. The van der Waals surface area contributed by atoms with Crippen molar-refractivity contribution >= 4 is 11.4 Å². The van der Waals surface area contributed by atoms with Crippen LogP contribution >= 0.6 is 0 Å². The van der Waals surface area contributed by atoms with Crippen LogP contribution in [0.3, 0.4) is 0 Å². The van der Waals surface area contributed by atoms with Crippen LogP contribution in [0, 0.1) is 0 Å². The summed E-state index contributed by atoms with van der Waals surface area (Å²) >= 11 is 0. The quantitative estimate of drug-likeness (QED) is 0.133. The molecule has 1 unspecified atom stereocenters. The van der Waals surface area contributed by atoms with E-state index < -0.39 is 34.3 Å². The molecule has 0 fully saturated rings. The third-order valence-electron chi connectivity index (χ3n) is 11.0. The van der Waals surface area contributed by atoms with Gasteiger partial charge in [-0.3, -0.25) is 0 Å². The number of ether oxygens (including phenoxy) is 2. The Bertz CT molecular complexity index is 2090.